The molecule has 0 heterocycles. The van der Waals surface area contributed by atoms with Gasteiger partial charge in [-0.15, -0.1) is 0 Å². The second-order valence-corrected chi connectivity index (χ2v) is 4.89. The van der Waals surface area contributed by atoms with Crippen molar-refractivity contribution in [1.82, 2.24) is 9.80 Å². The van der Waals surface area contributed by atoms with Crippen molar-refractivity contribution < 1.29 is 0 Å². The highest BCUT2D eigenvalue weighted by Gasteiger charge is 2.07. The number of likely N-dealkylation sites (N-methyl/N-ethyl adjacent to an activating group) is 2. The fourth-order valence-electron chi connectivity index (χ4n) is 1.33. The molecule has 17 heavy (non-hydrogen) atoms. The van der Waals surface area contributed by atoms with Gasteiger partial charge in [0.25, 0.3) is 0 Å². The van der Waals surface area contributed by atoms with E-state index in [0.717, 1.165) is 31.0 Å². The number of aliphatic imine (C=N–C) groups is 1. The van der Waals surface area contributed by atoms with Crippen LogP contribution in [-0.4, -0.2) is 48.7 Å². The van der Waals surface area contributed by atoms with E-state index in [1.165, 1.54) is 0 Å². The van der Waals surface area contributed by atoms with E-state index in [9.17, 15) is 0 Å². The van der Waals surface area contributed by atoms with E-state index in [2.05, 4.69) is 42.4 Å². The SMILES string of the molecule is C=C(C)/C=C(\N=C(/C)Cl)N(CC)CCN(C)C. The van der Waals surface area contributed by atoms with Gasteiger partial charge in [-0.05, 0) is 40.9 Å². The van der Waals surface area contributed by atoms with Crippen LogP contribution in [-0.2, 0) is 0 Å². The molecule has 0 aromatic rings. The first-order valence-corrected chi connectivity index (χ1v) is 6.22. The fraction of sp³-hybridized carbons (Fsp3) is 0.615. The van der Waals surface area contributed by atoms with Crippen LogP contribution in [0.1, 0.15) is 20.8 Å². The smallest absolute Gasteiger partial charge is 0.130 e. The zero-order chi connectivity index (χ0) is 13.4. The summed E-state index contributed by atoms with van der Waals surface area (Å²) in [6.45, 7) is 12.6. The van der Waals surface area contributed by atoms with Gasteiger partial charge >= 0.3 is 0 Å². The van der Waals surface area contributed by atoms with E-state index in [0.29, 0.717) is 5.17 Å². The van der Waals surface area contributed by atoms with Crippen molar-refractivity contribution in [2.75, 3.05) is 33.7 Å². The number of hydrogen-bond acceptors (Lipinski definition) is 3. The lowest BCUT2D eigenvalue weighted by Crippen LogP contribution is -2.30. The lowest BCUT2D eigenvalue weighted by Gasteiger charge is -2.25. The van der Waals surface area contributed by atoms with Gasteiger partial charge in [-0.1, -0.05) is 23.8 Å². The lowest BCUT2D eigenvalue weighted by molar-refractivity contribution is 0.297. The Kier molecular flexibility index (Phi) is 7.92. The minimum atomic E-state index is 0.542. The zero-order valence-electron chi connectivity index (χ0n) is 11.6. The Morgan fingerprint density at radius 3 is 2.24 bits per heavy atom. The Labute approximate surface area is 110 Å². The molecule has 0 saturated heterocycles. The topological polar surface area (TPSA) is 18.8 Å². The van der Waals surface area contributed by atoms with Gasteiger partial charge in [-0.3, -0.25) is 0 Å². The first-order valence-electron chi connectivity index (χ1n) is 5.84. The highest BCUT2D eigenvalue weighted by atomic mass is 35.5. The minimum Gasteiger partial charge on any atom is -0.356 e. The second-order valence-electron chi connectivity index (χ2n) is 4.34. The molecule has 0 amide bonds. The molecule has 0 saturated carbocycles. The van der Waals surface area contributed by atoms with Crippen LogP contribution < -0.4 is 0 Å². The van der Waals surface area contributed by atoms with Crippen LogP contribution in [0, 0.1) is 0 Å². The number of halogens is 1. The summed E-state index contributed by atoms with van der Waals surface area (Å²) in [6, 6.07) is 0. The molecule has 3 nitrogen and oxygen atoms in total. The standard InChI is InChI=1S/C13H24ClN3/c1-7-17(9-8-16(5)6)13(10-11(2)3)15-12(4)14/h10H,2,7-9H2,1,3-6H3/b13-10+,15-12+. The van der Waals surface area contributed by atoms with E-state index in [-0.39, 0.29) is 0 Å². The molecule has 0 N–H and O–H groups in total. The maximum atomic E-state index is 5.86. The van der Waals surface area contributed by atoms with Crippen molar-refractivity contribution in [1.29, 1.82) is 0 Å². The summed E-state index contributed by atoms with van der Waals surface area (Å²) in [6.07, 6.45) is 1.96. The third-order valence-electron chi connectivity index (χ3n) is 2.17. The molecule has 0 fully saturated rings. The van der Waals surface area contributed by atoms with Crippen molar-refractivity contribution >= 4 is 16.8 Å². The highest BCUT2D eigenvalue weighted by Crippen LogP contribution is 2.10. The average molecular weight is 258 g/mol. The van der Waals surface area contributed by atoms with Gasteiger partial charge in [-0.2, -0.15) is 0 Å². The van der Waals surface area contributed by atoms with Gasteiger partial charge < -0.3 is 9.80 Å². The largest absolute Gasteiger partial charge is 0.356 e. The van der Waals surface area contributed by atoms with Gasteiger partial charge in [0.2, 0.25) is 0 Å². The van der Waals surface area contributed by atoms with Crippen LogP contribution in [0.15, 0.2) is 29.0 Å². The van der Waals surface area contributed by atoms with Crippen LogP contribution in [0.2, 0.25) is 0 Å². The van der Waals surface area contributed by atoms with Gasteiger partial charge in [0.15, 0.2) is 0 Å². The van der Waals surface area contributed by atoms with Crippen molar-refractivity contribution in [3.63, 3.8) is 0 Å². The van der Waals surface area contributed by atoms with E-state index in [1.807, 2.05) is 13.0 Å². The average Bonchev–Trinajstić information content (AvgIpc) is 2.15. The molecule has 0 aromatic carbocycles. The summed E-state index contributed by atoms with van der Waals surface area (Å²) >= 11 is 5.86. The van der Waals surface area contributed by atoms with Crippen molar-refractivity contribution in [2.24, 2.45) is 4.99 Å². The van der Waals surface area contributed by atoms with E-state index in [4.69, 9.17) is 11.6 Å². The molecule has 0 aliphatic heterocycles. The molecule has 0 aliphatic carbocycles. The summed E-state index contributed by atoms with van der Waals surface area (Å²) in [5, 5.41) is 0.542. The van der Waals surface area contributed by atoms with Gasteiger partial charge in [0.1, 0.15) is 11.0 Å². The molecule has 0 bridgehead atoms. The number of nitrogens with zero attached hydrogens (tertiary/aromatic N) is 3. The predicted octanol–water partition coefficient (Wildman–Crippen LogP) is 2.94. The minimum absolute atomic E-state index is 0.542. The molecule has 0 spiro atoms. The fourth-order valence-corrected chi connectivity index (χ4v) is 1.41. The van der Waals surface area contributed by atoms with Crippen LogP contribution in [0.25, 0.3) is 0 Å². The monoisotopic (exact) mass is 257 g/mol. The molecular weight excluding hydrogens is 234 g/mol. The Morgan fingerprint density at radius 2 is 1.88 bits per heavy atom. The summed E-state index contributed by atoms with van der Waals surface area (Å²) in [5.74, 6) is 0.884. The molecule has 0 rings (SSSR count). The van der Waals surface area contributed by atoms with Crippen molar-refractivity contribution in [2.45, 2.75) is 20.8 Å². The number of rotatable bonds is 7. The maximum Gasteiger partial charge on any atom is 0.130 e. The summed E-state index contributed by atoms with van der Waals surface area (Å²) in [7, 11) is 4.12. The summed E-state index contributed by atoms with van der Waals surface area (Å²) < 4.78 is 0. The van der Waals surface area contributed by atoms with Crippen LogP contribution in [0.3, 0.4) is 0 Å². The van der Waals surface area contributed by atoms with Gasteiger partial charge in [-0.25, -0.2) is 4.99 Å². The third kappa shape index (κ3) is 8.00. The normalized spacial score (nSPS) is 13.1. The van der Waals surface area contributed by atoms with Gasteiger partial charge in [0, 0.05) is 19.6 Å². The lowest BCUT2D eigenvalue weighted by atomic mass is 10.3. The second kappa shape index (κ2) is 8.31. The summed E-state index contributed by atoms with van der Waals surface area (Å²) in [4.78, 5) is 8.70. The quantitative estimate of drug-likeness (QED) is 0.516. The first-order chi connectivity index (χ1) is 7.86. The predicted molar refractivity (Wildman–Crippen MR) is 77.7 cm³/mol. The molecule has 98 valence electrons. The maximum absolute atomic E-state index is 5.86. The zero-order valence-corrected chi connectivity index (χ0v) is 12.4. The highest BCUT2D eigenvalue weighted by molar-refractivity contribution is 6.64. The molecule has 0 aliphatic rings. The Balaban J connectivity index is 4.86. The molecule has 0 aromatic heterocycles. The van der Waals surface area contributed by atoms with Crippen LogP contribution in [0.5, 0.6) is 0 Å². The Bertz CT molecular complexity index is 302. The molecule has 0 radical (unpaired) electrons. The molecular formula is C13H24ClN3. The van der Waals surface area contributed by atoms with E-state index in [1.54, 1.807) is 6.92 Å². The molecule has 0 unspecified atom stereocenters. The van der Waals surface area contributed by atoms with Gasteiger partial charge in [0.05, 0.1) is 0 Å². The number of hydrogen-bond donors (Lipinski definition) is 0. The molecule has 0 atom stereocenters. The van der Waals surface area contributed by atoms with E-state index >= 15 is 0 Å². The Morgan fingerprint density at radius 1 is 1.29 bits per heavy atom. The summed E-state index contributed by atoms with van der Waals surface area (Å²) in [5.41, 5.74) is 0.977. The van der Waals surface area contributed by atoms with Crippen molar-refractivity contribution in [3.8, 4) is 0 Å². The number of allylic oxidation sites excluding steroid dienone is 2. The molecule has 4 heteroatoms. The van der Waals surface area contributed by atoms with Crippen molar-refractivity contribution in [3.05, 3.63) is 24.0 Å². The van der Waals surface area contributed by atoms with E-state index < -0.39 is 0 Å². The third-order valence-corrected chi connectivity index (χ3v) is 2.25. The van der Waals surface area contributed by atoms with Crippen LogP contribution in [0.4, 0.5) is 0 Å². The Hall–Kier alpha value is -0.800. The first kappa shape index (κ1) is 16.2. The van der Waals surface area contributed by atoms with Crippen LogP contribution >= 0.6 is 11.6 Å².